The number of benzene rings is 1. The van der Waals surface area contributed by atoms with Crippen molar-refractivity contribution in [2.24, 2.45) is 0 Å². The van der Waals surface area contributed by atoms with E-state index in [1.807, 2.05) is 0 Å². The van der Waals surface area contributed by atoms with Crippen LogP contribution in [0.15, 0.2) is 52.0 Å². The van der Waals surface area contributed by atoms with Gasteiger partial charge in [-0.05, 0) is 30.5 Å². The van der Waals surface area contributed by atoms with E-state index in [0.717, 1.165) is 17.2 Å². The number of nitrogens with zero attached hydrogens (tertiary/aromatic N) is 3. The molecule has 4 aromatic heterocycles. The van der Waals surface area contributed by atoms with Crippen LogP contribution in [-0.2, 0) is 5.41 Å². The van der Waals surface area contributed by atoms with Crippen molar-refractivity contribution in [2.45, 2.75) is 24.4 Å². The van der Waals surface area contributed by atoms with Gasteiger partial charge < -0.3 is 25.0 Å². The number of H-pyrrole nitrogens is 1. The first-order valence-electron chi connectivity index (χ1n) is 10.5. The van der Waals surface area contributed by atoms with E-state index in [1.165, 1.54) is 12.6 Å². The Hall–Kier alpha value is -4.55. The van der Waals surface area contributed by atoms with Gasteiger partial charge >= 0.3 is 12.2 Å². The van der Waals surface area contributed by atoms with E-state index < -0.39 is 17.6 Å². The van der Waals surface area contributed by atoms with Crippen LogP contribution < -0.4 is 16.4 Å². The van der Waals surface area contributed by atoms with Crippen molar-refractivity contribution < 1.29 is 26.9 Å². The lowest BCUT2D eigenvalue weighted by Crippen LogP contribution is -2.28. The quantitative estimate of drug-likeness (QED) is 0.275. The molecule has 1 fully saturated rings. The Balaban J connectivity index is 1.26. The predicted molar refractivity (Wildman–Crippen MR) is 120 cm³/mol. The molecule has 35 heavy (non-hydrogen) atoms. The van der Waals surface area contributed by atoms with Crippen LogP contribution in [0.2, 0.25) is 0 Å². The van der Waals surface area contributed by atoms with E-state index in [2.05, 4.69) is 30.7 Å². The second-order valence-corrected chi connectivity index (χ2v) is 8.24. The highest BCUT2D eigenvalue weighted by Gasteiger charge is 2.66. The number of urea groups is 1. The van der Waals surface area contributed by atoms with Gasteiger partial charge in [-0.1, -0.05) is 11.2 Å². The molecule has 6 rings (SSSR count). The lowest BCUT2D eigenvalue weighted by atomic mass is 10.0. The first-order valence-corrected chi connectivity index (χ1v) is 10.5. The number of fused-ring (bicyclic) bond motifs is 2. The van der Waals surface area contributed by atoms with Gasteiger partial charge in [-0.25, -0.2) is 14.8 Å². The Bertz CT molecular complexity index is 1600. The van der Waals surface area contributed by atoms with Crippen molar-refractivity contribution in [3.05, 3.63) is 48.7 Å². The van der Waals surface area contributed by atoms with Gasteiger partial charge in [0.15, 0.2) is 5.58 Å². The fraction of sp³-hybridized carbons (Fsp3) is 0.182. The molecular weight excluding hydrogens is 467 g/mol. The topological polar surface area (TPSA) is 148 Å². The number of nitrogen functional groups attached to an aromatic ring is 1. The van der Waals surface area contributed by atoms with Crippen LogP contribution in [-0.4, -0.2) is 32.3 Å². The van der Waals surface area contributed by atoms with E-state index in [-0.39, 0.29) is 24.4 Å². The van der Waals surface area contributed by atoms with Crippen LogP contribution in [0, 0.1) is 0 Å². The molecule has 0 radical (unpaired) electrons. The average Bonchev–Trinajstić information content (AvgIpc) is 3.16. The molecule has 0 atom stereocenters. The maximum absolute atomic E-state index is 13.3. The van der Waals surface area contributed by atoms with Gasteiger partial charge in [0.05, 0.1) is 17.3 Å². The number of nitrogens with two attached hydrogens (primary N) is 1. The summed E-state index contributed by atoms with van der Waals surface area (Å²) in [6.45, 7) is 0. The zero-order valence-corrected chi connectivity index (χ0v) is 17.7. The molecule has 0 unspecified atom stereocenters. The van der Waals surface area contributed by atoms with Crippen LogP contribution in [0.3, 0.4) is 0 Å². The van der Waals surface area contributed by atoms with Gasteiger partial charge in [-0.2, -0.15) is 13.2 Å². The van der Waals surface area contributed by atoms with Crippen LogP contribution >= 0.6 is 0 Å². The SMILES string of the molecule is Nc1ncnc2[nH]cc(-c3ccc(NC(=O)Nc4cc(C5(C(F)(F)F)CC5)no4)c4occc34)c12. The molecule has 4 heterocycles. The zero-order chi connectivity index (χ0) is 24.4. The molecule has 10 nitrogen and oxygen atoms in total. The number of rotatable bonds is 4. The van der Waals surface area contributed by atoms with Crippen LogP contribution in [0.5, 0.6) is 0 Å². The van der Waals surface area contributed by atoms with Gasteiger partial charge in [-0.15, -0.1) is 0 Å². The third-order valence-corrected chi connectivity index (χ3v) is 6.18. The summed E-state index contributed by atoms with van der Waals surface area (Å²) in [5.74, 6) is 0.115. The van der Waals surface area contributed by atoms with Crippen molar-refractivity contribution in [3.8, 4) is 11.1 Å². The molecule has 1 saturated carbocycles. The summed E-state index contributed by atoms with van der Waals surface area (Å²) in [5.41, 5.74) is 6.63. The number of amides is 2. The molecule has 0 aliphatic heterocycles. The smallest absolute Gasteiger partial charge is 0.400 e. The van der Waals surface area contributed by atoms with Crippen LogP contribution in [0.4, 0.5) is 35.4 Å². The summed E-state index contributed by atoms with van der Waals surface area (Å²) >= 11 is 0. The summed E-state index contributed by atoms with van der Waals surface area (Å²) < 4.78 is 50.4. The average molecular weight is 483 g/mol. The van der Waals surface area contributed by atoms with Crippen molar-refractivity contribution >= 4 is 45.4 Å². The molecule has 2 amide bonds. The minimum atomic E-state index is -4.43. The first-order chi connectivity index (χ1) is 16.8. The molecule has 1 aromatic carbocycles. The predicted octanol–water partition coefficient (Wildman–Crippen LogP) is 5.18. The highest BCUT2D eigenvalue weighted by molar-refractivity contribution is 6.11. The number of aromatic nitrogens is 4. The Kier molecular flexibility index (Phi) is 4.34. The Morgan fingerprint density at radius 3 is 2.74 bits per heavy atom. The molecule has 1 aliphatic rings. The highest BCUT2D eigenvalue weighted by atomic mass is 19.4. The minimum absolute atomic E-state index is 0.0638. The Morgan fingerprint density at radius 2 is 1.97 bits per heavy atom. The van der Waals surface area contributed by atoms with Crippen LogP contribution in [0.1, 0.15) is 18.5 Å². The second kappa shape index (κ2) is 7.22. The maximum atomic E-state index is 13.3. The van der Waals surface area contributed by atoms with Gasteiger partial charge in [0.1, 0.15) is 28.9 Å². The Labute approximate surface area is 193 Å². The fourth-order valence-electron chi connectivity index (χ4n) is 4.23. The van der Waals surface area contributed by atoms with E-state index in [9.17, 15) is 18.0 Å². The summed E-state index contributed by atoms with van der Waals surface area (Å²) in [7, 11) is 0. The van der Waals surface area contributed by atoms with Crippen molar-refractivity contribution in [2.75, 3.05) is 16.4 Å². The monoisotopic (exact) mass is 483 g/mol. The van der Waals surface area contributed by atoms with E-state index in [0.29, 0.717) is 33.5 Å². The normalized spacial score (nSPS) is 14.9. The molecule has 178 valence electrons. The van der Waals surface area contributed by atoms with Gasteiger partial charge in [0, 0.05) is 23.2 Å². The third kappa shape index (κ3) is 3.26. The van der Waals surface area contributed by atoms with Gasteiger partial charge in [0.2, 0.25) is 5.88 Å². The second-order valence-electron chi connectivity index (χ2n) is 8.24. The summed E-state index contributed by atoms with van der Waals surface area (Å²) in [4.78, 5) is 23.8. The zero-order valence-electron chi connectivity index (χ0n) is 17.7. The number of anilines is 3. The first kappa shape index (κ1) is 21.0. The van der Waals surface area contributed by atoms with Gasteiger partial charge in [0.25, 0.3) is 0 Å². The third-order valence-electron chi connectivity index (χ3n) is 6.18. The summed E-state index contributed by atoms with van der Waals surface area (Å²) in [6.07, 6.45) is 0.0321. The number of alkyl halides is 3. The molecule has 5 N–H and O–H groups in total. The molecule has 13 heteroatoms. The number of aromatic amines is 1. The summed E-state index contributed by atoms with van der Waals surface area (Å²) in [5, 5.41) is 9.85. The van der Waals surface area contributed by atoms with Crippen molar-refractivity contribution in [1.29, 1.82) is 0 Å². The standard InChI is InChI=1S/C22H16F3N7O3/c23-22(24,25)21(4-5-21)14-7-15(35-32-14)31-20(33)30-13-2-1-10(11-3-6-34-17(11)13)12-8-27-19-16(12)18(26)28-9-29-19/h1-3,6-9H,4-5H2,(H2,30,31,33)(H3,26,27,28,29). The number of hydrogen-bond acceptors (Lipinski definition) is 7. The molecule has 1 aliphatic carbocycles. The molecule has 0 saturated heterocycles. The number of hydrogen-bond donors (Lipinski definition) is 4. The largest absolute Gasteiger partial charge is 0.462 e. The number of nitrogens with one attached hydrogen (secondary N) is 3. The number of furan rings is 1. The molecule has 5 aromatic rings. The lowest BCUT2D eigenvalue weighted by molar-refractivity contribution is -0.161. The van der Waals surface area contributed by atoms with Crippen molar-refractivity contribution in [3.63, 3.8) is 0 Å². The van der Waals surface area contributed by atoms with E-state index in [1.54, 1.807) is 24.4 Å². The highest BCUT2D eigenvalue weighted by Crippen LogP contribution is 2.58. The summed E-state index contributed by atoms with van der Waals surface area (Å²) in [6, 6.07) is 5.50. The van der Waals surface area contributed by atoms with E-state index >= 15 is 0 Å². The van der Waals surface area contributed by atoms with Gasteiger partial charge in [-0.3, -0.25) is 5.32 Å². The maximum Gasteiger partial charge on any atom is 0.400 e. The van der Waals surface area contributed by atoms with Crippen molar-refractivity contribution in [1.82, 2.24) is 20.1 Å². The minimum Gasteiger partial charge on any atom is -0.462 e. The molecule has 0 spiro atoms. The number of halogens is 3. The molecular formula is C22H16F3N7O3. The number of carbonyl (C=O) groups excluding carboxylic acids is 1. The number of carbonyl (C=O) groups is 1. The fourth-order valence-corrected chi connectivity index (χ4v) is 4.23. The lowest BCUT2D eigenvalue weighted by Gasteiger charge is -2.15. The molecule has 0 bridgehead atoms. The van der Waals surface area contributed by atoms with E-state index in [4.69, 9.17) is 14.7 Å². The Morgan fingerprint density at radius 1 is 1.14 bits per heavy atom. The van der Waals surface area contributed by atoms with Crippen LogP contribution in [0.25, 0.3) is 33.1 Å².